The summed E-state index contributed by atoms with van der Waals surface area (Å²) in [6, 6.07) is 30.3. The number of rotatable bonds is 13. The molecule has 4 aromatic carbocycles. The maximum absolute atomic E-state index is 13.3. The first-order valence-corrected chi connectivity index (χ1v) is 17.9. The lowest BCUT2D eigenvalue weighted by molar-refractivity contribution is -0.266. The summed E-state index contributed by atoms with van der Waals surface area (Å²) in [5.41, 5.74) is 12.2. The molecule has 5 atom stereocenters. The average Bonchev–Trinajstić information content (AvgIpc) is 3.82. The van der Waals surface area contributed by atoms with Gasteiger partial charge in [0.05, 0.1) is 35.8 Å². The highest BCUT2D eigenvalue weighted by Crippen LogP contribution is 2.66. The molecule has 0 aromatic heterocycles. The molecule has 2 bridgehead atoms. The van der Waals surface area contributed by atoms with Crippen molar-refractivity contribution in [2.24, 2.45) is 5.73 Å². The summed E-state index contributed by atoms with van der Waals surface area (Å²) in [5, 5.41) is 1.77. The molecule has 12 nitrogen and oxygen atoms in total. The molecule has 8 rings (SSSR count). The van der Waals surface area contributed by atoms with Gasteiger partial charge in [-0.25, -0.2) is 14.7 Å². The van der Waals surface area contributed by atoms with E-state index in [0.717, 1.165) is 27.8 Å². The molecule has 4 aliphatic rings. The number of carbonyl (C=O) groups is 2. The molecule has 3 heterocycles. The van der Waals surface area contributed by atoms with E-state index in [4.69, 9.17) is 39.0 Å². The van der Waals surface area contributed by atoms with Crippen LogP contribution in [0.4, 0.5) is 10.5 Å². The minimum absolute atomic E-state index is 0.0858. The molecule has 12 heteroatoms. The number of methoxy groups -OCH3 is 1. The van der Waals surface area contributed by atoms with E-state index in [1.165, 1.54) is 14.0 Å². The number of amides is 1. The second-order valence-corrected chi connectivity index (χ2v) is 13.5. The molecule has 0 radical (unpaired) electrons. The molecule has 1 amide bonds. The van der Waals surface area contributed by atoms with Gasteiger partial charge in [-0.05, 0) is 53.8 Å². The maximum Gasteiger partial charge on any atom is 0.404 e. The quantitative estimate of drug-likeness (QED) is 0.0996. The summed E-state index contributed by atoms with van der Waals surface area (Å²) in [6.45, 7) is 6.02. The minimum Gasteiger partial charge on any atom is -0.467 e. The molecule has 2 fully saturated rings. The lowest BCUT2D eigenvalue weighted by atomic mass is 9.79. The highest BCUT2D eigenvalue weighted by molar-refractivity contribution is 5.84. The van der Waals surface area contributed by atoms with E-state index in [1.54, 1.807) is 5.06 Å². The van der Waals surface area contributed by atoms with Gasteiger partial charge in [0, 0.05) is 38.4 Å². The molecular formula is C41H43N3O9. The Balaban J connectivity index is 1.37. The summed E-state index contributed by atoms with van der Waals surface area (Å²) in [4.78, 5) is 35.0. The van der Waals surface area contributed by atoms with Gasteiger partial charge in [0.25, 0.3) is 5.79 Å². The third-order valence-electron chi connectivity index (χ3n) is 10.6. The molecule has 53 heavy (non-hydrogen) atoms. The number of primary amides is 1. The van der Waals surface area contributed by atoms with Crippen molar-refractivity contribution in [3.05, 3.63) is 119 Å². The fourth-order valence-electron chi connectivity index (χ4n) is 8.92. The van der Waals surface area contributed by atoms with Crippen molar-refractivity contribution in [1.29, 1.82) is 0 Å². The lowest BCUT2D eigenvalue weighted by Crippen LogP contribution is -2.62. The van der Waals surface area contributed by atoms with Gasteiger partial charge in [-0.15, -0.1) is 0 Å². The number of hydrogen-bond acceptors (Lipinski definition) is 11. The highest BCUT2D eigenvalue weighted by atomic mass is 16.8. The number of anilines is 1. The van der Waals surface area contributed by atoms with Crippen LogP contribution in [0.3, 0.4) is 0 Å². The number of nitrogens with zero attached hydrogens (tertiary/aromatic N) is 2. The van der Waals surface area contributed by atoms with Crippen LogP contribution < -0.4 is 15.5 Å². The Morgan fingerprint density at radius 1 is 0.925 bits per heavy atom. The van der Waals surface area contributed by atoms with Crippen LogP contribution in [0.1, 0.15) is 60.8 Å². The zero-order chi connectivity index (χ0) is 36.9. The van der Waals surface area contributed by atoms with Crippen LogP contribution in [0.2, 0.25) is 0 Å². The summed E-state index contributed by atoms with van der Waals surface area (Å²) in [5.74, 6) is -2.72. The van der Waals surface area contributed by atoms with E-state index < -0.39 is 41.6 Å². The zero-order valence-corrected chi connectivity index (χ0v) is 30.2. The summed E-state index contributed by atoms with van der Waals surface area (Å²) < 4.78 is 35.7. The standard InChI is InChI=1S/C41H43N3O9/c1-5-48-38(49-6-2)26-20-33-36(35(21-26)51-24-47-4)32(23-50-39(42)46)41(52-25(3)45)37-34(22-43(33)53-41)44(37)40(27-14-8-7-9-15-27)30-18-12-10-16-28(30)29-17-11-13-19-31(29)40/h7-21,32,34,37-38H,5-6,22-24H2,1-4H3,(H2,42,46)/t32-,34-,37-,41+,44?/m0/s1. The van der Waals surface area contributed by atoms with Gasteiger partial charge < -0.3 is 34.2 Å². The van der Waals surface area contributed by atoms with E-state index >= 15 is 0 Å². The summed E-state index contributed by atoms with van der Waals surface area (Å²) >= 11 is 0. The Kier molecular flexibility index (Phi) is 9.12. The first-order valence-electron chi connectivity index (χ1n) is 17.9. The van der Waals surface area contributed by atoms with Crippen molar-refractivity contribution in [2.45, 2.75) is 56.4 Å². The predicted molar refractivity (Wildman–Crippen MR) is 194 cm³/mol. The fourth-order valence-corrected chi connectivity index (χ4v) is 8.92. The smallest absolute Gasteiger partial charge is 0.404 e. The first kappa shape index (κ1) is 35.1. The van der Waals surface area contributed by atoms with Crippen molar-refractivity contribution in [1.82, 2.24) is 4.90 Å². The van der Waals surface area contributed by atoms with Gasteiger partial charge >= 0.3 is 12.1 Å². The van der Waals surface area contributed by atoms with Gasteiger partial charge in [0.15, 0.2) is 13.1 Å². The second kappa shape index (κ2) is 13.8. The Morgan fingerprint density at radius 3 is 2.17 bits per heavy atom. The van der Waals surface area contributed by atoms with Crippen molar-refractivity contribution in [3.63, 3.8) is 0 Å². The van der Waals surface area contributed by atoms with Crippen LogP contribution in [0, 0.1) is 0 Å². The largest absolute Gasteiger partial charge is 0.467 e. The molecule has 0 saturated carbocycles. The first-order chi connectivity index (χ1) is 25.8. The molecule has 276 valence electrons. The summed E-state index contributed by atoms with van der Waals surface area (Å²) in [7, 11) is 1.53. The van der Waals surface area contributed by atoms with Gasteiger partial charge in [-0.2, -0.15) is 0 Å². The Bertz CT molecular complexity index is 1970. The Morgan fingerprint density at radius 2 is 1.57 bits per heavy atom. The van der Waals surface area contributed by atoms with Crippen molar-refractivity contribution < 1.29 is 42.8 Å². The number of nitrogens with two attached hydrogens (primary N) is 1. The van der Waals surface area contributed by atoms with Crippen LogP contribution in [0.5, 0.6) is 5.75 Å². The third-order valence-corrected chi connectivity index (χ3v) is 10.6. The van der Waals surface area contributed by atoms with Crippen LogP contribution in [-0.4, -0.2) is 75.1 Å². The van der Waals surface area contributed by atoms with E-state index in [2.05, 4.69) is 65.6 Å². The number of hydroxylamine groups is 1. The van der Waals surface area contributed by atoms with Crippen LogP contribution >= 0.6 is 0 Å². The molecular weight excluding hydrogens is 678 g/mol. The third kappa shape index (κ3) is 5.47. The number of ether oxygens (including phenoxy) is 6. The molecule has 4 aromatic rings. The number of carbonyl (C=O) groups excluding carboxylic acids is 2. The molecule has 0 spiro atoms. The van der Waals surface area contributed by atoms with Crippen LogP contribution in [0.15, 0.2) is 91.0 Å². The number of hydrogen-bond donors (Lipinski definition) is 1. The fraction of sp³-hybridized carbons (Fsp3) is 0.366. The second-order valence-electron chi connectivity index (χ2n) is 13.5. The molecule has 1 aliphatic carbocycles. The van der Waals surface area contributed by atoms with Gasteiger partial charge in [-0.3, -0.25) is 9.69 Å². The van der Waals surface area contributed by atoms with Gasteiger partial charge in [-0.1, -0.05) is 78.9 Å². The van der Waals surface area contributed by atoms with E-state index in [1.807, 2.05) is 44.2 Å². The zero-order valence-electron chi connectivity index (χ0n) is 30.2. The van der Waals surface area contributed by atoms with Crippen molar-refractivity contribution >= 4 is 17.7 Å². The molecule has 3 aliphatic heterocycles. The number of esters is 1. The average molecular weight is 722 g/mol. The van der Waals surface area contributed by atoms with E-state index in [9.17, 15) is 9.59 Å². The Hall–Kier alpha value is -4.98. The minimum atomic E-state index is -1.68. The normalized spacial score (nSPS) is 24.1. The monoisotopic (exact) mass is 721 g/mol. The SMILES string of the molecule is CCOC(OCC)c1cc(OCOC)c2c(c1)N1C[C@H]3[C@H](N3C3(c4ccccc4)c4ccccc4-c4ccccc43)[C@](OC(C)=O)(O1)[C@H]2COC(N)=O. The Labute approximate surface area is 308 Å². The van der Waals surface area contributed by atoms with Gasteiger partial charge in [0.2, 0.25) is 0 Å². The van der Waals surface area contributed by atoms with Crippen molar-refractivity contribution in [3.8, 4) is 16.9 Å². The molecule has 2 N–H and O–H groups in total. The van der Waals surface area contributed by atoms with Gasteiger partial charge in [0.1, 0.15) is 12.4 Å². The van der Waals surface area contributed by atoms with Crippen LogP contribution in [0.25, 0.3) is 11.1 Å². The lowest BCUT2D eigenvalue weighted by Gasteiger charge is -2.50. The number of fused-ring (bicyclic) bond motifs is 9. The predicted octanol–water partition coefficient (Wildman–Crippen LogP) is 5.97. The van der Waals surface area contributed by atoms with Crippen LogP contribution in [-0.2, 0) is 38.9 Å². The van der Waals surface area contributed by atoms with Crippen molar-refractivity contribution in [2.75, 3.05) is 45.3 Å². The molecule has 1 unspecified atom stereocenters. The topological polar surface area (TPSA) is 131 Å². The maximum atomic E-state index is 13.3. The number of benzene rings is 4. The summed E-state index contributed by atoms with van der Waals surface area (Å²) in [6.07, 6.45) is -1.68. The molecule has 2 saturated heterocycles. The van der Waals surface area contributed by atoms with E-state index in [0.29, 0.717) is 42.3 Å². The highest BCUT2D eigenvalue weighted by Gasteiger charge is 2.77. The van der Waals surface area contributed by atoms with E-state index in [-0.39, 0.29) is 19.4 Å².